The fourth-order valence-corrected chi connectivity index (χ4v) is 5.16. The fraction of sp³-hybridized carbons (Fsp3) is 1.00. The summed E-state index contributed by atoms with van der Waals surface area (Å²) in [5, 5.41) is 0. The first-order chi connectivity index (χ1) is 9.69. The summed E-state index contributed by atoms with van der Waals surface area (Å²) < 4.78 is 0. The van der Waals surface area contributed by atoms with Gasteiger partial charge >= 0.3 is 0 Å². The van der Waals surface area contributed by atoms with Crippen molar-refractivity contribution in [3.63, 3.8) is 0 Å². The zero-order chi connectivity index (χ0) is 13.7. The summed E-state index contributed by atoms with van der Waals surface area (Å²) in [5.74, 6) is 1.93. The molecular weight excluding hydrogens is 244 g/mol. The molecule has 1 spiro atoms. The second-order valence-electron chi connectivity index (χ2n) is 8.42. The van der Waals surface area contributed by atoms with Crippen molar-refractivity contribution in [3.05, 3.63) is 0 Å². The van der Waals surface area contributed by atoms with Crippen molar-refractivity contribution in [2.45, 2.75) is 70.9 Å². The number of piperidine rings is 2. The van der Waals surface area contributed by atoms with Crippen molar-refractivity contribution < 1.29 is 0 Å². The van der Waals surface area contributed by atoms with Crippen molar-refractivity contribution in [2.75, 3.05) is 26.2 Å². The van der Waals surface area contributed by atoms with E-state index >= 15 is 0 Å². The Kier molecular flexibility index (Phi) is 3.38. The van der Waals surface area contributed by atoms with Gasteiger partial charge in [-0.1, -0.05) is 20.3 Å². The molecule has 0 radical (unpaired) electrons. The topological polar surface area (TPSA) is 6.48 Å². The molecule has 2 heterocycles. The van der Waals surface area contributed by atoms with Gasteiger partial charge in [0.25, 0.3) is 0 Å². The third kappa shape index (κ3) is 2.14. The molecule has 4 aliphatic rings. The van der Waals surface area contributed by atoms with Gasteiger partial charge in [-0.05, 0) is 70.0 Å². The molecule has 3 unspecified atom stereocenters. The summed E-state index contributed by atoms with van der Waals surface area (Å²) >= 11 is 0. The van der Waals surface area contributed by atoms with Crippen LogP contribution in [-0.4, -0.2) is 48.1 Å². The molecule has 0 amide bonds. The largest absolute Gasteiger partial charge is 0.300 e. The first-order valence-electron chi connectivity index (χ1n) is 9.17. The van der Waals surface area contributed by atoms with Crippen molar-refractivity contribution in [1.29, 1.82) is 0 Å². The zero-order valence-electron chi connectivity index (χ0n) is 13.5. The van der Waals surface area contributed by atoms with E-state index in [0.29, 0.717) is 5.41 Å². The van der Waals surface area contributed by atoms with E-state index in [1.54, 1.807) is 0 Å². The predicted octanol–water partition coefficient (Wildman–Crippen LogP) is 3.37. The molecule has 4 rings (SSSR count). The Bertz CT molecular complexity index is 356. The molecule has 0 aromatic carbocycles. The van der Waals surface area contributed by atoms with Gasteiger partial charge < -0.3 is 0 Å². The van der Waals surface area contributed by atoms with Crippen LogP contribution in [0.4, 0.5) is 0 Å². The van der Waals surface area contributed by atoms with Crippen LogP contribution in [0.2, 0.25) is 0 Å². The average Bonchev–Trinajstić information content (AvgIpc) is 3.08. The molecule has 20 heavy (non-hydrogen) atoms. The summed E-state index contributed by atoms with van der Waals surface area (Å²) in [6, 6.07) is 1.90. The first kappa shape index (κ1) is 13.6. The molecule has 2 heteroatoms. The minimum absolute atomic E-state index is 0.689. The minimum atomic E-state index is 0.689. The van der Waals surface area contributed by atoms with Gasteiger partial charge in [-0.2, -0.15) is 0 Å². The van der Waals surface area contributed by atoms with E-state index in [2.05, 4.69) is 23.6 Å². The number of hydrogen-bond acceptors (Lipinski definition) is 2. The van der Waals surface area contributed by atoms with E-state index < -0.39 is 0 Å². The molecule has 2 nitrogen and oxygen atoms in total. The first-order valence-corrected chi connectivity index (χ1v) is 9.17. The van der Waals surface area contributed by atoms with Crippen LogP contribution in [0.25, 0.3) is 0 Å². The monoisotopic (exact) mass is 276 g/mol. The Labute approximate surface area is 124 Å². The van der Waals surface area contributed by atoms with Crippen LogP contribution >= 0.6 is 0 Å². The molecule has 0 bridgehead atoms. The number of likely N-dealkylation sites (tertiary alicyclic amines) is 2. The molecular formula is C18H32N2. The maximum atomic E-state index is 2.87. The van der Waals surface area contributed by atoms with Crippen molar-refractivity contribution >= 4 is 0 Å². The number of rotatable bonds is 2. The molecule has 114 valence electrons. The number of nitrogens with zero attached hydrogens (tertiary/aromatic N) is 2. The SMILES string of the molecule is CC1CCN(C2CC23CN(C2CCC2)CCC3C)CC1. The summed E-state index contributed by atoms with van der Waals surface area (Å²) in [7, 11) is 0. The van der Waals surface area contributed by atoms with Crippen molar-refractivity contribution in [3.8, 4) is 0 Å². The normalized spacial score (nSPS) is 44.7. The van der Waals surface area contributed by atoms with Crippen molar-refractivity contribution in [2.24, 2.45) is 17.3 Å². The average molecular weight is 276 g/mol. The Hall–Kier alpha value is -0.0800. The minimum Gasteiger partial charge on any atom is -0.300 e. The molecule has 0 N–H and O–H groups in total. The van der Waals surface area contributed by atoms with Gasteiger partial charge in [0, 0.05) is 24.0 Å². The molecule has 2 saturated heterocycles. The molecule has 0 aromatic heterocycles. The maximum Gasteiger partial charge on any atom is 0.0173 e. The van der Waals surface area contributed by atoms with E-state index in [-0.39, 0.29) is 0 Å². The smallest absolute Gasteiger partial charge is 0.0173 e. The molecule has 0 aromatic rings. The van der Waals surface area contributed by atoms with Gasteiger partial charge in [-0.15, -0.1) is 0 Å². The Balaban J connectivity index is 1.41. The quantitative estimate of drug-likeness (QED) is 0.763. The van der Waals surface area contributed by atoms with Gasteiger partial charge in [0.15, 0.2) is 0 Å². The summed E-state index contributed by atoms with van der Waals surface area (Å²) in [5.41, 5.74) is 0.689. The van der Waals surface area contributed by atoms with Crippen LogP contribution in [0, 0.1) is 17.3 Å². The highest BCUT2D eigenvalue weighted by Crippen LogP contribution is 2.59. The van der Waals surface area contributed by atoms with E-state index in [0.717, 1.165) is 23.9 Å². The third-order valence-corrected chi connectivity index (χ3v) is 7.26. The van der Waals surface area contributed by atoms with Gasteiger partial charge in [0.05, 0.1) is 0 Å². The zero-order valence-corrected chi connectivity index (χ0v) is 13.5. The van der Waals surface area contributed by atoms with E-state index in [1.807, 2.05) is 0 Å². The van der Waals surface area contributed by atoms with Crippen LogP contribution in [0.15, 0.2) is 0 Å². The highest BCUT2D eigenvalue weighted by Gasteiger charge is 2.61. The maximum absolute atomic E-state index is 2.87. The van der Waals surface area contributed by atoms with Crippen LogP contribution < -0.4 is 0 Å². The van der Waals surface area contributed by atoms with Gasteiger partial charge in [-0.25, -0.2) is 0 Å². The van der Waals surface area contributed by atoms with Crippen LogP contribution in [0.1, 0.15) is 58.8 Å². The van der Waals surface area contributed by atoms with Crippen LogP contribution in [0.5, 0.6) is 0 Å². The highest BCUT2D eigenvalue weighted by atomic mass is 15.3. The van der Waals surface area contributed by atoms with Gasteiger partial charge in [0.2, 0.25) is 0 Å². The van der Waals surface area contributed by atoms with E-state index in [1.165, 1.54) is 71.1 Å². The second kappa shape index (κ2) is 4.98. The lowest BCUT2D eigenvalue weighted by atomic mass is 9.80. The molecule has 4 fully saturated rings. The molecule has 2 aliphatic heterocycles. The lowest BCUT2D eigenvalue weighted by molar-refractivity contribution is 0.0235. The lowest BCUT2D eigenvalue weighted by Gasteiger charge is -2.46. The Morgan fingerprint density at radius 1 is 0.850 bits per heavy atom. The lowest BCUT2D eigenvalue weighted by Crippen LogP contribution is -2.51. The molecule has 2 saturated carbocycles. The van der Waals surface area contributed by atoms with Gasteiger partial charge in [-0.3, -0.25) is 9.80 Å². The van der Waals surface area contributed by atoms with Crippen LogP contribution in [0.3, 0.4) is 0 Å². The standard InChI is InChI=1S/C18H32N2/c1-14-6-9-19(10-7-14)17-12-18(17)13-20(11-8-15(18)2)16-4-3-5-16/h14-17H,3-13H2,1-2H3. The Morgan fingerprint density at radius 2 is 1.55 bits per heavy atom. The molecule has 2 aliphatic carbocycles. The molecule has 3 atom stereocenters. The summed E-state index contributed by atoms with van der Waals surface area (Å²) in [4.78, 5) is 5.73. The van der Waals surface area contributed by atoms with E-state index in [4.69, 9.17) is 0 Å². The number of hydrogen-bond donors (Lipinski definition) is 0. The van der Waals surface area contributed by atoms with E-state index in [9.17, 15) is 0 Å². The summed E-state index contributed by atoms with van der Waals surface area (Å²) in [6.45, 7) is 10.5. The highest BCUT2D eigenvalue weighted by molar-refractivity contribution is 5.15. The third-order valence-electron chi connectivity index (χ3n) is 7.26. The Morgan fingerprint density at radius 3 is 2.20 bits per heavy atom. The van der Waals surface area contributed by atoms with Crippen molar-refractivity contribution in [1.82, 2.24) is 9.80 Å². The van der Waals surface area contributed by atoms with Gasteiger partial charge in [0.1, 0.15) is 0 Å². The van der Waals surface area contributed by atoms with Crippen LogP contribution in [-0.2, 0) is 0 Å². The predicted molar refractivity (Wildman–Crippen MR) is 83.8 cm³/mol. The summed E-state index contributed by atoms with van der Waals surface area (Å²) in [6.07, 6.45) is 10.3. The second-order valence-corrected chi connectivity index (χ2v) is 8.42. The fourth-order valence-electron chi connectivity index (χ4n) is 5.16.